The topological polar surface area (TPSA) is 81.6 Å². The zero-order chi connectivity index (χ0) is 26.6. The highest BCUT2D eigenvalue weighted by atomic mass is 32.1. The van der Waals surface area contributed by atoms with E-state index in [1.54, 1.807) is 31.2 Å². The summed E-state index contributed by atoms with van der Waals surface area (Å²) in [5.74, 6) is -0.0928. The van der Waals surface area contributed by atoms with Crippen molar-refractivity contribution in [3.05, 3.63) is 74.7 Å². The Labute approximate surface area is 220 Å². The molecule has 0 saturated heterocycles. The van der Waals surface area contributed by atoms with Crippen LogP contribution in [0.2, 0.25) is 0 Å². The fraction of sp³-hybridized carbons (Fsp3) is 0.429. The molecule has 0 aliphatic heterocycles. The number of ether oxygens (including phenoxy) is 2. The molecule has 0 radical (unpaired) electrons. The molecule has 1 saturated carbocycles. The summed E-state index contributed by atoms with van der Waals surface area (Å²) >= 11 is 1.38. The van der Waals surface area contributed by atoms with E-state index in [0.717, 1.165) is 16.1 Å². The second-order valence-electron chi connectivity index (χ2n) is 9.32. The third kappa shape index (κ3) is 5.98. The molecule has 1 aliphatic carbocycles. The maximum absolute atomic E-state index is 14.3. The number of esters is 1. The Morgan fingerprint density at radius 2 is 1.97 bits per heavy atom. The molecule has 0 unspecified atom stereocenters. The zero-order valence-electron chi connectivity index (χ0n) is 21.7. The first-order valence-corrected chi connectivity index (χ1v) is 13.3. The lowest BCUT2D eigenvalue weighted by atomic mass is 9.99. The molecule has 196 valence electrons. The Kier molecular flexibility index (Phi) is 8.22. The summed E-state index contributed by atoms with van der Waals surface area (Å²) in [7, 11) is 1.58. The molecule has 1 aliphatic rings. The molecule has 0 spiro atoms. The summed E-state index contributed by atoms with van der Waals surface area (Å²) in [4.78, 5) is 37.8. The standard InChI is InChI=1S/C28H32FN3O4S/c1-5-36-26(33)25-19(3)37-24(31-25)17-32(14-6-7-20-15-18(2)8-10-22(20)29)27(34)28(12-13-28)23-11-9-21(35-4)16-30-23/h8-11,15-16H,5-7,12-14,17H2,1-4H3. The van der Waals surface area contributed by atoms with Crippen molar-refractivity contribution in [1.82, 2.24) is 14.9 Å². The number of hydrogen-bond acceptors (Lipinski definition) is 7. The van der Waals surface area contributed by atoms with Crippen LogP contribution in [0.1, 0.15) is 63.4 Å². The summed E-state index contributed by atoms with van der Waals surface area (Å²) in [5.41, 5.74) is 1.96. The molecule has 2 heterocycles. The van der Waals surface area contributed by atoms with Crippen LogP contribution in [0.3, 0.4) is 0 Å². The summed E-state index contributed by atoms with van der Waals surface area (Å²) < 4.78 is 24.7. The van der Waals surface area contributed by atoms with Gasteiger partial charge >= 0.3 is 5.97 Å². The Morgan fingerprint density at radius 3 is 2.62 bits per heavy atom. The van der Waals surface area contributed by atoms with Crippen molar-refractivity contribution in [2.45, 2.75) is 58.4 Å². The minimum Gasteiger partial charge on any atom is -0.495 e. The van der Waals surface area contributed by atoms with Crippen molar-refractivity contribution >= 4 is 23.2 Å². The number of benzene rings is 1. The van der Waals surface area contributed by atoms with Crippen molar-refractivity contribution < 1.29 is 23.5 Å². The second kappa shape index (κ2) is 11.4. The number of hydrogen-bond donors (Lipinski definition) is 0. The average Bonchev–Trinajstić information content (AvgIpc) is 3.62. The SMILES string of the molecule is CCOC(=O)c1nc(CN(CCCc2cc(C)ccc2F)C(=O)C2(c3ccc(OC)cn3)CC2)sc1C. The number of carbonyl (C=O) groups is 2. The first kappa shape index (κ1) is 26.7. The highest BCUT2D eigenvalue weighted by molar-refractivity contribution is 7.11. The smallest absolute Gasteiger partial charge is 0.358 e. The largest absolute Gasteiger partial charge is 0.495 e. The fourth-order valence-electron chi connectivity index (χ4n) is 4.47. The molecule has 0 N–H and O–H groups in total. The van der Waals surface area contributed by atoms with Gasteiger partial charge in [-0.05, 0) is 70.2 Å². The lowest BCUT2D eigenvalue weighted by Crippen LogP contribution is -2.40. The number of amides is 1. The Balaban J connectivity index is 1.56. The minimum atomic E-state index is -0.683. The van der Waals surface area contributed by atoms with E-state index in [1.807, 2.05) is 32.0 Å². The first-order chi connectivity index (χ1) is 17.8. The van der Waals surface area contributed by atoms with E-state index >= 15 is 0 Å². The number of methoxy groups -OCH3 is 1. The maximum atomic E-state index is 14.3. The first-order valence-electron chi connectivity index (χ1n) is 12.5. The molecule has 1 amide bonds. The van der Waals surface area contributed by atoms with Gasteiger partial charge in [0, 0.05) is 11.4 Å². The van der Waals surface area contributed by atoms with Gasteiger partial charge in [-0.2, -0.15) is 0 Å². The van der Waals surface area contributed by atoms with E-state index in [4.69, 9.17) is 9.47 Å². The Hall–Kier alpha value is -3.33. The molecule has 37 heavy (non-hydrogen) atoms. The molecule has 3 aromatic rings. The van der Waals surface area contributed by atoms with Crippen LogP contribution < -0.4 is 4.74 Å². The van der Waals surface area contributed by atoms with Crippen LogP contribution in [-0.2, 0) is 27.9 Å². The highest BCUT2D eigenvalue weighted by Crippen LogP contribution is 2.49. The minimum absolute atomic E-state index is 0.0274. The van der Waals surface area contributed by atoms with Gasteiger partial charge in [-0.3, -0.25) is 9.78 Å². The van der Waals surface area contributed by atoms with Gasteiger partial charge in [0.2, 0.25) is 5.91 Å². The number of halogens is 1. The number of carbonyl (C=O) groups excluding carboxylic acids is 2. The van der Waals surface area contributed by atoms with Crippen molar-refractivity contribution in [3.8, 4) is 5.75 Å². The van der Waals surface area contributed by atoms with E-state index in [1.165, 1.54) is 17.4 Å². The molecule has 0 atom stereocenters. The number of rotatable bonds is 11. The van der Waals surface area contributed by atoms with Crippen LogP contribution in [0, 0.1) is 19.7 Å². The van der Waals surface area contributed by atoms with Gasteiger partial charge in [0.1, 0.15) is 16.6 Å². The van der Waals surface area contributed by atoms with Crippen LogP contribution >= 0.6 is 11.3 Å². The van der Waals surface area contributed by atoms with E-state index in [0.29, 0.717) is 48.5 Å². The quantitative estimate of drug-likeness (QED) is 0.321. The average molecular weight is 526 g/mol. The lowest BCUT2D eigenvalue weighted by Gasteiger charge is -2.27. The predicted octanol–water partition coefficient (Wildman–Crippen LogP) is 5.17. The zero-order valence-corrected chi connectivity index (χ0v) is 22.5. The third-order valence-electron chi connectivity index (χ3n) is 6.62. The summed E-state index contributed by atoms with van der Waals surface area (Å²) in [5, 5.41) is 0.661. The van der Waals surface area contributed by atoms with E-state index in [2.05, 4.69) is 9.97 Å². The van der Waals surface area contributed by atoms with Crippen molar-refractivity contribution in [1.29, 1.82) is 0 Å². The normalized spacial score (nSPS) is 13.8. The molecule has 0 bridgehead atoms. The van der Waals surface area contributed by atoms with Gasteiger partial charge in [0.05, 0.1) is 37.6 Å². The van der Waals surface area contributed by atoms with Crippen molar-refractivity contribution in [3.63, 3.8) is 0 Å². The molecule has 7 nitrogen and oxygen atoms in total. The van der Waals surface area contributed by atoms with Crippen LogP contribution in [0.4, 0.5) is 4.39 Å². The van der Waals surface area contributed by atoms with E-state index in [-0.39, 0.29) is 30.6 Å². The molecule has 4 rings (SSSR count). The molecule has 1 fully saturated rings. The number of aromatic nitrogens is 2. The molecule has 1 aromatic carbocycles. The molecular weight excluding hydrogens is 493 g/mol. The predicted molar refractivity (Wildman–Crippen MR) is 139 cm³/mol. The van der Waals surface area contributed by atoms with Crippen molar-refractivity contribution in [2.75, 3.05) is 20.3 Å². The number of thiazole rings is 1. The summed E-state index contributed by atoms with van der Waals surface area (Å²) in [6, 6.07) is 8.74. The van der Waals surface area contributed by atoms with Crippen LogP contribution in [0.25, 0.3) is 0 Å². The lowest BCUT2D eigenvalue weighted by molar-refractivity contribution is -0.134. The van der Waals surface area contributed by atoms with Gasteiger partial charge in [0.15, 0.2) is 5.69 Å². The van der Waals surface area contributed by atoms with Crippen LogP contribution in [-0.4, -0.2) is 47.0 Å². The number of nitrogens with zero attached hydrogens (tertiary/aromatic N) is 3. The van der Waals surface area contributed by atoms with Gasteiger partial charge in [0.25, 0.3) is 0 Å². The third-order valence-corrected chi connectivity index (χ3v) is 7.58. The Bertz CT molecular complexity index is 1270. The summed E-state index contributed by atoms with van der Waals surface area (Å²) in [6.07, 6.45) is 4.14. The van der Waals surface area contributed by atoms with E-state index < -0.39 is 11.4 Å². The molecular formula is C28H32FN3O4S. The second-order valence-corrected chi connectivity index (χ2v) is 10.6. The van der Waals surface area contributed by atoms with Crippen LogP contribution in [0.15, 0.2) is 36.5 Å². The fourth-order valence-corrected chi connectivity index (χ4v) is 5.41. The number of pyridine rings is 1. The van der Waals surface area contributed by atoms with Gasteiger partial charge in [-0.1, -0.05) is 17.7 Å². The van der Waals surface area contributed by atoms with Crippen molar-refractivity contribution in [2.24, 2.45) is 0 Å². The van der Waals surface area contributed by atoms with E-state index in [9.17, 15) is 14.0 Å². The summed E-state index contributed by atoms with van der Waals surface area (Å²) in [6.45, 7) is 6.46. The highest BCUT2D eigenvalue weighted by Gasteiger charge is 2.54. The van der Waals surface area contributed by atoms with Gasteiger partial charge in [-0.25, -0.2) is 14.2 Å². The monoisotopic (exact) mass is 525 g/mol. The van der Waals surface area contributed by atoms with Gasteiger partial charge in [-0.15, -0.1) is 11.3 Å². The van der Waals surface area contributed by atoms with Gasteiger partial charge < -0.3 is 14.4 Å². The Morgan fingerprint density at radius 1 is 1.19 bits per heavy atom. The maximum Gasteiger partial charge on any atom is 0.358 e. The molecule has 2 aromatic heterocycles. The molecule has 9 heteroatoms. The number of aryl methyl sites for hydroxylation is 3. The van der Waals surface area contributed by atoms with Crippen LogP contribution in [0.5, 0.6) is 5.75 Å².